The van der Waals surface area contributed by atoms with E-state index in [1.54, 1.807) is 7.11 Å². The Morgan fingerprint density at radius 1 is 1.18 bits per heavy atom. The topological polar surface area (TPSA) is 83.7 Å². The molecule has 8 nitrogen and oxygen atoms in total. The number of benzene rings is 2. The Labute approximate surface area is 197 Å². The third-order valence-electron chi connectivity index (χ3n) is 5.33. The highest BCUT2D eigenvalue weighted by atomic mass is 32.2. The zero-order chi connectivity index (χ0) is 23.0. The lowest BCUT2D eigenvalue weighted by Crippen LogP contribution is -2.46. The molecule has 1 fully saturated rings. The lowest BCUT2D eigenvalue weighted by Gasteiger charge is -2.35. The van der Waals surface area contributed by atoms with Crippen LogP contribution in [-0.2, 0) is 4.79 Å². The molecule has 1 aliphatic heterocycles. The summed E-state index contributed by atoms with van der Waals surface area (Å²) in [7, 11) is 1.60. The average molecular weight is 466 g/mol. The standard InChI is InChI=1S/C24H27N5O3S/c1-3-11-28-12-14-29(15-13-28)20-9-7-19(8-10-20)25-22(30)17-33-24-27-26-23(32-24)18-5-4-6-21(16-18)31-2/h3-10,16H,1,11-15,17H2,2H3,(H,25,30). The number of thioether (sulfide) groups is 1. The molecular weight excluding hydrogens is 438 g/mol. The van der Waals surface area contributed by atoms with E-state index >= 15 is 0 Å². The van der Waals surface area contributed by atoms with Gasteiger partial charge in [-0.3, -0.25) is 9.69 Å². The number of hydrogen-bond acceptors (Lipinski definition) is 8. The predicted octanol–water partition coefficient (Wildman–Crippen LogP) is 3.78. The second kappa shape index (κ2) is 11.0. The van der Waals surface area contributed by atoms with Gasteiger partial charge in [-0.1, -0.05) is 23.9 Å². The maximum Gasteiger partial charge on any atom is 0.277 e. The molecule has 9 heteroatoms. The van der Waals surface area contributed by atoms with Crippen LogP contribution in [0.4, 0.5) is 11.4 Å². The first-order chi connectivity index (χ1) is 16.1. The highest BCUT2D eigenvalue weighted by molar-refractivity contribution is 7.99. The summed E-state index contributed by atoms with van der Waals surface area (Å²) in [5.74, 6) is 1.14. The van der Waals surface area contributed by atoms with Crippen LogP contribution in [0, 0.1) is 0 Å². The molecule has 0 radical (unpaired) electrons. The third-order valence-corrected chi connectivity index (χ3v) is 6.14. The number of amides is 1. The van der Waals surface area contributed by atoms with Gasteiger partial charge in [-0.2, -0.15) is 0 Å². The fraction of sp³-hybridized carbons (Fsp3) is 0.292. The number of hydrogen-bond donors (Lipinski definition) is 1. The molecule has 1 amide bonds. The molecule has 0 unspecified atom stereocenters. The summed E-state index contributed by atoms with van der Waals surface area (Å²) in [5, 5.41) is 11.3. The van der Waals surface area contributed by atoms with Crippen molar-refractivity contribution in [1.82, 2.24) is 15.1 Å². The van der Waals surface area contributed by atoms with Crippen molar-refractivity contribution in [2.45, 2.75) is 5.22 Å². The van der Waals surface area contributed by atoms with Gasteiger partial charge in [0.1, 0.15) is 5.75 Å². The van der Waals surface area contributed by atoms with E-state index in [9.17, 15) is 4.79 Å². The van der Waals surface area contributed by atoms with Gasteiger partial charge in [0.05, 0.1) is 12.9 Å². The largest absolute Gasteiger partial charge is 0.497 e. The quantitative estimate of drug-likeness (QED) is 0.378. The van der Waals surface area contributed by atoms with Gasteiger partial charge >= 0.3 is 0 Å². The number of piperazine rings is 1. The number of aromatic nitrogens is 2. The summed E-state index contributed by atoms with van der Waals surface area (Å²) in [6, 6.07) is 15.3. The van der Waals surface area contributed by atoms with E-state index in [4.69, 9.17) is 9.15 Å². The first kappa shape index (κ1) is 22.9. The molecule has 172 valence electrons. The minimum absolute atomic E-state index is 0.132. The summed E-state index contributed by atoms with van der Waals surface area (Å²) in [6.45, 7) is 8.76. The van der Waals surface area contributed by atoms with Gasteiger partial charge in [0.15, 0.2) is 0 Å². The Bertz CT molecular complexity index is 1080. The van der Waals surface area contributed by atoms with Crippen LogP contribution in [0.2, 0.25) is 0 Å². The number of ether oxygens (including phenoxy) is 1. The number of methoxy groups -OCH3 is 1. The predicted molar refractivity (Wildman–Crippen MR) is 131 cm³/mol. The minimum Gasteiger partial charge on any atom is -0.497 e. The molecule has 33 heavy (non-hydrogen) atoms. The van der Waals surface area contributed by atoms with E-state index in [1.807, 2.05) is 54.6 Å². The average Bonchev–Trinajstić information content (AvgIpc) is 3.33. The maximum absolute atomic E-state index is 12.4. The summed E-state index contributed by atoms with van der Waals surface area (Å²) >= 11 is 1.20. The molecule has 2 heterocycles. The molecule has 1 aromatic heterocycles. The Morgan fingerprint density at radius 3 is 2.70 bits per heavy atom. The molecule has 4 rings (SSSR count). The van der Waals surface area contributed by atoms with E-state index in [0.29, 0.717) is 16.9 Å². The van der Waals surface area contributed by atoms with Gasteiger partial charge in [-0.15, -0.1) is 16.8 Å². The van der Waals surface area contributed by atoms with E-state index < -0.39 is 0 Å². The van der Waals surface area contributed by atoms with Crippen LogP contribution in [-0.4, -0.2) is 66.6 Å². The third kappa shape index (κ3) is 6.15. The number of anilines is 2. The van der Waals surface area contributed by atoms with E-state index in [2.05, 4.69) is 31.9 Å². The van der Waals surface area contributed by atoms with Crippen LogP contribution in [0.5, 0.6) is 5.75 Å². The lowest BCUT2D eigenvalue weighted by molar-refractivity contribution is -0.113. The zero-order valence-corrected chi connectivity index (χ0v) is 19.4. The van der Waals surface area contributed by atoms with Crippen molar-refractivity contribution in [2.24, 2.45) is 0 Å². The van der Waals surface area contributed by atoms with Crippen molar-refractivity contribution in [3.05, 3.63) is 61.2 Å². The SMILES string of the molecule is C=CCN1CCN(c2ccc(NC(=O)CSc3nnc(-c4cccc(OC)c4)o3)cc2)CC1. The molecule has 2 aromatic carbocycles. The van der Waals surface area contributed by atoms with Crippen molar-refractivity contribution in [1.29, 1.82) is 0 Å². The number of nitrogens with one attached hydrogen (secondary N) is 1. The monoisotopic (exact) mass is 465 g/mol. The zero-order valence-electron chi connectivity index (χ0n) is 18.6. The van der Waals surface area contributed by atoms with Crippen LogP contribution in [0.1, 0.15) is 0 Å². The Balaban J connectivity index is 1.26. The second-order valence-electron chi connectivity index (χ2n) is 7.57. The number of carbonyl (C=O) groups is 1. The lowest BCUT2D eigenvalue weighted by atomic mass is 10.2. The van der Waals surface area contributed by atoms with Crippen molar-refractivity contribution < 1.29 is 13.9 Å². The summed E-state index contributed by atoms with van der Waals surface area (Å²) in [6.07, 6.45) is 1.95. The van der Waals surface area contributed by atoms with Crippen molar-refractivity contribution >= 4 is 29.0 Å². The molecule has 0 bridgehead atoms. The van der Waals surface area contributed by atoms with Crippen LogP contribution in [0.25, 0.3) is 11.5 Å². The maximum atomic E-state index is 12.4. The van der Waals surface area contributed by atoms with Crippen LogP contribution >= 0.6 is 11.8 Å². The Kier molecular flexibility index (Phi) is 7.64. The highest BCUT2D eigenvalue weighted by Gasteiger charge is 2.16. The van der Waals surface area contributed by atoms with Gasteiger partial charge in [0.2, 0.25) is 11.8 Å². The summed E-state index contributed by atoms with van der Waals surface area (Å²) in [5.41, 5.74) is 2.69. The number of carbonyl (C=O) groups excluding carboxylic acids is 1. The van der Waals surface area contributed by atoms with Crippen molar-refractivity contribution in [2.75, 3.05) is 55.8 Å². The van der Waals surface area contributed by atoms with Gasteiger partial charge < -0.3 is 19.4 Å². The van der Waals surface area contributed by atoms with Crippen LogP contribution < -0.4 is 15.0 Å². The highest BCUT2D eigenvalue weighted by Crippen LogP contribution is 2.26. The van der Waals surface area contributed by atoms with Crippen LogP contribution in [0.3, 0.4) is 0 Å². The smallest absolute Gasteiger partial charge is 0.277 e. The number of rotatable bonds is 9. The van der Waals surface area contributed by atoms with Crippen molar-refractivity contribution in [3.63, 3.8) is 0 Å². The van der Waals surface area contributed by atoms with E-state index in [-0.39, 0.29) is 11.7 Å². The molecule has 0 atom stereocenters. The fourth-order valence-electron chi connectivity index (χ4n) is 3.59. The molecule has 1 N–H and O–H groups in total. The molecule has 3 aromatic rings. The summed E-state index contributed by atoms with van der Waals surface area (Å²) in [4.78, 5) is 17.1. The minimum atomic E-state index is -0.132. The molecule has 0 aliphatic carbocycles. The molecular formula is C24H27N5O3S. The van der Waals surface area contributed by atoms with Gasteiger partial charge in [-0.05, 0) is 42.5 Å². The van der Waals surface area contributed by atoms with E-state index in [0.717, 1.165) is 49.7 Å². The molecule has 0 saturated carbocycles. The Hall–Kier alpha value is -3.30. The van der Waals surface area contributed by atoms with E-state index in [1.165, 1.54) is 11.8 Å². The van der Waals surface area contributed by atoms with Gasteiger partial charge in [0.25, 0.3) is 5.22 Å². The van der Waals surface area contributed by atoms with Gasteiger partial charge in [0, 0.05) is 49.7 Å². The normalized spacial score (nSPS) is 14.2. The first-order valence-electron chi connectivity index (χ1n) is 10.7. The number of nitrogens with zero attached hydrogens (tertiary/aromatic N) is 4. The summed E-state index contributed by atoms with van der Waals surface area (Å²) < 4.78 is 10.9. The van der Waals surface area contributed by atoms with Gasteiger partial charge in [-0.25, -0.2) is 0 Å². The van der Waals surface area contributed by atoms with Crippen molar-refractivity contribution in [3.8, 4) is 17.2 Å². The Morgan fingerprint density at radius 2 is 1.97 bits per heavy atom. The fourth-order valence-corrected chi connectivity index (χ4v) is 4.16. The molecule has 1 aliphatic rings. The first-order valence-corrected chi connectivity index (χ1v) is 11.7. The molecule has 1 saturated heterocycles. The van der Waals surface area contributed by atoms with Crippen LogP contribution in [0.15, 0.2) is 70.8 Å². The second-order valence-corrected chi connectivity index (χ2v) is 8.49. The molecule has 0 spiro atoms.